The highest BCUT2D eigenvalue weighted by atomic mass is 16.1. The molecule has 2 aliphatic rings. The summed E-state index contributed by atoms with van der Waals surface area (Å²) in [5.74, 6) is 0.475. The highest BCUT2D eigenvalue weighted by molar-refractivity contribution is 5.80. The van der Waals surface area contributed by atoms with Crippen LogP contribution in [0, 0.1) is 0 Å². The molecule has 0 aromatic heterocycles. The Hall–Kier alpha value is -0.370. The van der Waals surface area contributed by atoms with Crippen molar-refractivity contribution in [2.75, 3.05) is 13.1 Å². The zero-order valence-electron chi connectivity index (χ0n) is 6.18. The van der Waals surface area contributed by atoms with Crippen molar-refractivity contribution in [3.05, 3.63) is 0 Å². The number of piperidine rings is 1. The molecule has 0 bridgehead atoms. The normalized spacial score (nSPS) is 34.4. The molecule has 2 aliphatic heterocycles. The minimum absolute atomic E-state index is 0.475. The molecular weight excluding hydrogens is 126 g/mol. The molecule has 0 radical (unpaired) electrons. The molecule has 0 aromatic carbocycles. The van der Waals surface area contributed by atoms with E-state index in [1.807, 2.05) is 0 Å². The summed E-state index contributed by atoms with van der Waals surface area (Å²) in [5.41, 5.74) is 0. The predicted molar refractivity (Wildman–Crippen MR) is 38.8 cm³/mol. The van der Waals surface area contributed by atoms with E-state index in [-0.39, 0.29) is 0 Å². The van der Waals surface area contributed by atoms with Crippen molar-refractivity contribution < 1.29 is 4.79 Å². The van der Waals surface area contributed by atoms with Gasteiger partial charge in [-0.1, -0.05) is 0 Å². The van der Waals surface area contributed by atoms with E-state index >= 15 is 0 Å². The number of hydrogen-bond acceptors (Lipinski definition) is 2. The van der Waals surface area contributed by atoms with Crippen molar-refractivity contribution in [2.24, 2.45) is 0 Å². The first kappa shape index (κ1) is 6.35. The molecule has 1 atom stereocenters. The monoisotopic (exact) mass is 139 g/mol. The third-order valence-corrected chi connectivity index (χ3v) is 2.64. The highest BCUT2D eigenvalue weighted by Gasteiger charge is 2.30. The largest absolute Gasteiger partial charge is 0.300 e. The summed E-state index contributed by atoms with van der Waals surface area (Å²) in [5, 5.41) is 0. The molecule has 2 nitrogen and oxygen atoms in total. The van der Waals surface area contributed by atoms with Gasteiger partial charge in [-0.3, -0.25) is 9.69 Å². The van der Waals surface area contributed by atoms with Gasteiger partial charge in [0.05, 0.1) is 0 Å². The maximum absolute atomic E-state index is 11.0. The SMILES string of the molecule is O=C1CCN2CCC[C@H]2C1. The van der Waals surface area contributed by atoms with Crippen molar-refractivity contribution in [1.29, 1.82) is 0 Å². The molecule has 2 saturated heterocycles. The third-order valence-electron chi connectivity index (χ3n) is 2.64. The molecule has 0 aromatic rings. The Morgan fingerprint density at radius 3 is 3.20 bits per heavy atom. The first-order valence-corrected chi connectivity index (χ1v) is 4.12. The number of nitrogens with zero attached hydrogens (tertiary/aromatic N) is 1. The molecule has 2 fully saturated rings. The molecule has 56 valence electrons. The van der Waals surface area contributed by atoms with Crippen LogP contribution in [-0.4, -0.2) is 29.8 Å². The van der Waals surface area contributed by atoms with Crippen molar-refractivity contribution in [3.8, 4) is 0 Å². The first-order chi connectivity index (χ1) is 4.86. The molecule has 0 spiro atoms. The number of hydrogen-bond donors (Lipinski definition) is 0. The molecule has 0 amide bonds. The van der Waals surface area contributed by atoms with E-state index in [4.69, 9.17) is 0 Å². The summed E-state index contributed by atoms with van der Waals surface area (Å²) in [6.07, 6.45) is 4.19. The molecule has 0 N–H and O–H groups in total. The van der Waals surface area contributed by atoms with Crippen LogP contribution in [0.15, 0.2) is 0 Å². The van der Waals surface area contributed by atoms with Crippen molar-refractivity contribution >= 4 is 5.78 Å². The average molecular weight is 139 g/mol. The maximum atomic E-state index is 11.0. The van der Waals surface area contributed by atoms with E-state index in [2.05, 4.69) is 4.90 Å². The van der Waals surface area contributed by atoms with Crippen LogP contribution in [0.1, 0.15) is 25.7 Å². The first-order valence-electron chi connectivity index (χ1n) is 4.12. The van der Waals surface area contributed by atoms with Gasteiger partial charge in [-0.15, -0.1) is 0 Å². The van der Waals surface area contributed by atoms with Gasteiger partial charge in [0.1, 0.15) is 5.78 Å². The number of rotatable bonds is 0. The molecule has 2 heterocycles. The zero-order valence-corrected chi connectivity index (χ0v) is 6.18. The third kappa shape index (κ3) is 0.966. The van der Waals surface area contributed by atoms with E-state index < -0.39 is 0 Å². The van der Waals surface area contributed by atoms with E-state index in [1.165, 1.54) is 19.4 Å². The van der Waals surface area contributed by atoms with Crippen molar-refractivity contribution in [1.82, 2.24) is 4.90 Å². The van der Waals surface area contributed by atoms with Gasteiger partial charge in [-0.05, 0) is 19.4 Å². The lowest BCUT2D eigenvalue weighted by molar-refractivity contribution is -0.122. The molecule has 0 saturated carbocycles. The molecule has 0 aliphatic carbocycles. The van der Waals surface area contributed by atoms with Crippen LogP contribution in [-0.2, 0) is 4.79 Å². The van der Waals surface area contributed by atoms with Crippen molar-refractivity contribution in [3.63, 3.8) is 0 Å². The Morgan fingerprint density at radius 2 is 2.30 bits per heavy atom. The fourth-order valence-corrected chi connectivity index (χ4v) is 2.05. The quantitative estimate of drug-likeness (QED) is 0.495. The number of carbonyl (C=O) groups excluding carboxylic acids is 1. The van der Waals surface area contributed by atoms with Gasteiger partial charge in [0.25, 0.3) is 0 Å². The van der Waals surface area contributed by atoms with Crippen LogP contribution in [0.25, 0.3) is 0 Å². The summed E-state index contributed by atoms with van der Waals surface area (Å²) < 4.78 is 0. The smallest absolute Gasteiger partial charge is 0.135 e. The van der Waals surface area contributed by atoms with E-state index in [9.17, 15) is 4.79 Å². The Labute approximate surface area is 61.2 Å². The van der Waals surface area contributed by atoms with Gasteiger partial charge in [-0.25, -0.2) is 0 Å². The van der Waals surface area contributed by atoms with Gasteiger partial charge < -0.3 is 0 Å². The Morgan fingerprint density at radius 1 is 1.40 bits per heavy atom. The Bertz CT molecular complexity index is 155. The van der Waals surface area contributed by atoms with E-state index in [0.29, 0.717) is 11.8 Å². The van der Waals surface area contributed by atoms with E-state index in [0.717, 1.165) is 19.4 Å². The van der Waals surface area contributed by atoms with Crippen LogP contribution in [0.2, 0.25) is 0 Å². The minimum atomic E-state index is 0.475. The molecule has 10 heavy (non-hydrogen) atoms. The van der Waals surface area contributed by atoms with E-state index in [1.54, 1.807) is 0 Å². The lowest BCUT2D eigenvalue weighted by Crippen LogP contribution is -2.37. The van der Waals surface area contributed by atoms with Gasteiger partial charge in [0.15, 0.2) is 0 Å². The lowest BCUT2D eigenvalue weighted by Gasteiger charge is -2.27. The van der Waals surface area contributed by atoms with Crippen LogP contribution in [0.4, 0.5) is 0 Å². The predicted octanol–water partition coefficient (Wildman–Crippen LogP) is 0.814. The average Bonchev–Trinajstić information content (AvgIpc) is 2.33. The summed E-state index contributed by atoms with van der Waals surface area (Å²) in [6.45, 7) is 2.27. The number of fused-ring (bicyclic) bond motifs is 1. The zero-order chi connectivity index (χ0) is 6.97. The van der Waals surface area contributed by atoms with Gasteiger partial charge in [-0.2, -0.15) is 0 Å². The number of carbonyl (C=O) groups is 1. The lowest BCUT2D eigenvalue weighted by atomic mass is 10.0. The van der Waals surface area contributed by atoms with Gasteiger partial charge in [0, 0.05) is 25.4 Å². The summed E-state index contributed by atoms with van der Waals surface area (Å²) in [6, 6.07) is 0.626. The molecular formula is C8H13NO. The van der Waals surface area contributed by atoms with Crippen LogP contribution >= 0.6 is 0 Å². The van der Waals surface area contributed by atoms with Crippen LogP contribution in [0.3, 0.4) is 0 Å². The molecule has 0 unspecified atom stereocenters. The number of ketones is 1. The van der Waals surface area contributed by atoms with Crippen molar-refractivity contribution in [2.45, 2.75) is 31.7 Å². The molecule has 2 heteroatoms. The number of Topliss-reactive ketones (excluding diaryl/α,β-unsaturated/α-hetero) is 1. The molecule has 2 rings (SSSR count). The second kappa shape index (κ2) is 2.35. The second-order valence-electron chi connectivity index (χ2n) is 3.32. The fraction of sp³-hybridized carbons (Fsp3) is 0.875. The maximum Gasteiger partial charge on any atom is 0.135 e. The fourth-order valence-electron chi connectivity index (χ4n) is 2.05. The minimum Gasteiger partial charge on any atom is -0.300 e. The summed E-state index contributed by atoms with van der Waals surface area (Å²) >= 11 is 0. The second-order valence-corrected chi connectivity index (χ2v) is 3.32. The topological polar surface area (TPSA) is 20.3 Å². The Kier molecular flexibility index (Phi) is 1.49. The highest BCUT2D eigenvalue weighted by Crippen LogP contribution is 2.24. The summed E-state index contributed by atoms with van der Waals surface area (Å²) in [7, 11) is 0. The van der Waals surface area contributed by atoms with Gasteiger partial charge in [0.2, 0.25) is 0 Å². The standard InChI is InChI=1S/C8H13NO/c10-8-3-5-9-4-1-2-7(9)6-8/h7H,1-6H2/t7-/m0/s1. The Balaban J connectivity index is 2.03. The summed E-state index contributed by atoms with van der Waals surface area (Å²) in [4.78, 5) is 13.4. The van der Waals surface area contributed by atoms with Gasteiger partial charge >= 0.3 is 0 Å². The van der Waals surface area contributed by atoms with Crippen LogP contribution < -0.4 is 0 Å². The van der Waals surface area contributed by atoms with Crippen LogP contribution in [0.5, 0.6) is 0 Å².